The molecule has 0 aromatic carbocycles. The number of hydrogen-bond donors (Lipinski definition) is 2. The van der Waals surface area contributed by atoms with Crippen LogP contribution in [0.4, 0.5) is 0 Å². The molecule has 1 aliphatic rings. The second-order valence-electron chi connectivity index (χ2n) is 3.09. The topological polar surface area (TPSA) is 72.2 Å². The number of allylic oxidation sites excluding steroid dienone is 1. The molecular weight excluding hydrogens is 156 g/mol. The monoisotopic (exact) mass is 168 g/mol. The second kappa shape index (κ2) is 2.97. The number of hydrogen-bond acceptors (Lipinski definition) is 3. The number of carbonyl (C=O) groups is 2. The zero-order chi connectivity index (χ0) is 9.30. The van der Waals surface area contributed by atoms with Crippen LogP contribution in [0, 0.1) is 5.92 Å². The number of carbonyl (C=O) groups excluding carboxylic acids is 2. The highest BCUT2D eigenvalue weighted by atomic mass is 16.2. The molecule has 0 aromatic rings. The summed E-state index contributed by atoms with van der Waals surface area (Å²) in [5, 5.41) is 2.24. The van der Waals surface area contributed by atoms with Crippen LogP contribution >= 0.6 is 0 Å². The normalized spacial score (nSPS) is 28.3. The number of imide groups is 1. The second-order valence-corrected chi connectivity index (χ2v) is 3.09. The smallest absolute Gasteiger partial charge is 0.255 e. The van der Waals surface area contributed by atoms with Crippen molar-refractivity contribution >= 4 is 11.8 Å². The Labute approximate surface area is 70.8 Å². The standard InChI is InChI=1S/C8H12N2O2/c1-4-3-6(5(2)9)8(12)10-7(4)11/h4H,3,9H2,1-2H3,(H,10,11,12)/b6-5+. The van der Waals surface area contributed by atoms with Crippen molar-refractivity contribution in [1.29, 1.82) is 0 Å². The molecule has 1 fully saturated rings. The minimum atomic E-state index is -0.349. The lowest BCUT2D eigenvalue weighted by molar-refractivity contribution is -0.133. The first-order chi connectivity index (χ1) is 5.52. The molecule has 66 valence electrons. The molecule has 4 nitrogen and oxygen atoms in total. The van der Waals surface area contributed by atoms with Crippen LogP contribution in [0.1, 0.15) is 20.3 Å². The third-order valence-corrected chi connectivity index (χ3v) is 1.94. The first-order valence-corrected chi connectivity index (χ1v) is 3.82. The van der Waals surface area contributed by atoms with E-state index in [0.717, 1.165) is 0 Å². The van der Waals surface area contributed by atoms with E-state index in [0.29, 0.717) is 17.7 Å². The van der Waals surface area contributed by atoms with Crippen molar-refractivity contribution in [2.24, 2.45) is 11.7 Å². The van der Waals surface area contributed by atoms with E-state index >= 15 is 0 Å². The van der Waals surface area contributed by atoms with Crippen molar-refractivity contribution in [2.75, 3.05) is 0 Å². The molecule has 1 atom stereocenters. The lowest BCUT2D eigenvalue weighted by Crippen LogP contribution is -2.42. The fraction of sp³-hybridized carbons (Fsp3) is 0.500. The van der Waals surface area contributed by atoms with Gasteiger partial charge in [0.1, 0.15) is 0 Å². The van der Waals surface area contributed by atoms with Gasteiger partial charge in [0.15, 0.2) is 0 Å². The minimum absolute atomic E-state index is 0.156. The van der Waals surface area contributed by atoms with Gasteiger partial charge < -0.3 is 5.73 Å². The Hall–Kier alpha value is -1.32. The number of nitrogens with one attached hydrogen (secondary N) is 1. The van der Waals surface area contributed by atoms with E-state index in [9.17, 15) is 9.59 Å². The van der Waals surface area contributed by atoms with E-state index in [1.165, 1.54) is 0 Å². The maximum absolute atomic E-state index is 11.1. The van der Waals surface area contributed by atoms with E-state index in [4.69, 9.17) is 5.73 Å². The largest absolute Gasteiger partial charge is 0.402 e. The summed E-state index contributed by atoms with van der Waals surface area (Å²) in [4.78, 5) is 22.1. The highest BCUT2D eigenvalue weighted by Crippen LogP contribution is 2.18. The van der Waals surface area contributed by atoms with Gasteiger partial charge in [-0.3, -0.25) is 14.9 Å². The van der Waals surface area contributed by atoms with Crippen molar-refractivity contribution in [3.05, 3.63) is 11.3 Å². The summed E-state index contributed by atoms with van der Waals surface area (Å²) in [5.41, 5.74) is 6.49. The van der Waals surface area contributed by atoms with Gasteiger partial charge >= 0.3 is 0 Å². The van der Waals surface area contributed by atoms with Crippen LogP contribution in [0.2, 0.25) is 0 Å². The molecule has 2 amide bonds. The molecule has 0 spiro atoms. The molecule has 0 saturated carbocycles. The summed E-state index contributed by atoms with van der Waals surface area (Å²) in [6, 6.07) is 0. The Balaban J connectivity index is 2.90. The van der Waals surface area contributed by atoms with Crippen molar-refractivity contribution in [2.45, 2.75) is 20.3 Å². The third-order valence-electron chi connectivity index (χ3n) is 1.94. The van der Waals surface area contributed by atoms with Crippen molar-refractivity contribution < 1.29 is 9.59 Å². The lowest BCUT2D eigenvalue weighted by Gasteiger charge is -2.20. The fourth-order valence-electron chi connectivity index (χ4n) is 1.14. The Kier molecular flexibility index (Phi) is 2.17. The fourth-order valence-corrected chi connectivity index (χ4v) is 1.14. The van der Waals surface area contributed by atoms with Gasteiger partial charge in [-0.1, -0.05) is 6.92 Å². The Bertz CT molecular complexity index is 264. The van der Waals surface area contributed by atoms with Gasteiger partial charge in [-0.2, -0.15) is 0 Å². The Morgan fingerprint density at radius 3 is 2.67 bits per heavy atom. The van der Waals surface area contributed by atoms with Crippen LogP contribution in [-0.4, -0.2) is 11.8 Å². The van der Waals surface area contributed by atoms with Gasteiger partial charge in [-0.15, -0.1) is 0 Å². The average Bonchev–Trinajstić information content (AvgIpc) is 1.96. The quantitative estimate of drug-likeness (QED) is 0.392. The van der Waals surface area contributed by atoms with Crippen LogP contribution in [-0.2, 0) is 9.59 Å². The highest BCUT2D eigenvalue weighted by Gasteiger charge is 2.27. The van der Waals surface area contributed by atoms with Gasteiger partial charge in [-0.05, 0) is 13.3 Å². The zero-order valence-corrected chi connectivity index (χ0v) is 7.18. The summed E-state index contributed by atoms with van der Waals surface area (Å²) in [6.45, 7) is 3.43. The van der Waals surface area contributed by atoms with E-state index < -0.39 is 0 Å². The third kappa shape index (κ3) is 1.47. The first-order valence-electron chi connectivity index (χ1n) is 3.82. The molecule has 3 N–H and O–H groups in total. The van der Waals surface area contributed by atoms with Crippen LogP contribution in [0.5, 0.6) is 0 Å². The molecular formula is C8H12N2O2. The minimum Gasteiger partial charge on any atom is -0.402 e. The number of amides is 2. The van der Waals surface area contributed by atoms with Gasteiger partial charge in [0.25, 0.3) is 5.91 Å². The summed E-state index contributed by atoms with van der Waals surface area (Å²) < 4.78 is 0. The maximum Gasteiger partial charge on any atom is 0.255 e. The molecule has 0 bridgehead atoms. The van der Waals surface area contributed by atoms with Crippen LogP contribution < -0.4 is 11.1 Å². The van der Waals surface area contributed by atoms with E-state index in [-0.39, 0.29) is 17.7 Å². The molecule has 0 radical (unpaired) electrons. The molecule has 4 heteroatoms. The number of piperidine rings is 1. The number of nitrogens with two attached hydrogens (primary N) is 1. The van der Waals surface area contributed by atoms with E-state index in [1.807, 2.05) is 0 Å². The Morgan fingerprint density at radius 2 is 2.17 bits per heavy atom. The van der Waals surface area contributed by atoms with Gasteiger partial charge in [0.2, 0.25) is 5.91 Å². The molecule has 1 rings (SSSR count). The van der Waals surface area contributed by atoms with Gasteiger partial charge in [0.05, 0.1) is 0 Å². The van der Waals surface area contributed by atoms with Crippen molar-refractivity contribution in [1.82, 2.24) is 5.32 Å². The molecule has 1 aliphatic heterocycles. The molecule has 1 unspecified atom stereocenters. The molecule has 1 saturated heterocycles. The van der Waals surface area contributed by atoms with Crippen LogP contribution in [0.3, 0.4) is 0 Å². The summed E-state index contributed by atoms with van der Waals surface area (Å²) in [7, 11) is 0. The highest BCUT2D eigenvalue weighted by molar-refractivity contribution is 6.08. The van der Waals surface area contributed by atoms with Crippen LogP contribution in [0.15, 0.2) is 11.3 Å². The SMILES string of the molecule is C/C(N)=C1/CC(C)C(=O)NC1=O. The summed E-state index contributed by atoms with van der Waals surface area (Å²) in [6.07, 6.45) is 0.451. The predicted octanol–water partition coefficient (Wildman–Crippen LogP) is -0.0983. The summed E-state index contributed by atoms with van der Waals surface area (Å²) in [5.74, 6) is -0.723. The maximum atomic E-state index is 11.1. The zero-order valence-electron chi connectivity index (χ0n) is 7.18. The van der Waals surface area contributed by atoms with Crippen LogP contribution in [0.25, 0.3) is 0 Å². The molecule has 0 aromatic heterocycles. The van der Waals surface area contributed by atoms with Gasteiger partial charge in [-0.25, -0.2) is 0 Å². The number of rotatable bonds is 0. The molecule has 1 heterocycles. The molecule has 0 aliphatic carbocycles. The van der Waals surface area contributed by atoms with E-state index in [1.54, 1.807) is 13.8 Å². The lowest BCUT2D eigenvalue weighted by atomic mass is 9.94. The predicted molar refractivity (Wildman–Crippen MR) is 43.8 cm³/mol. The van der Waals surface area contributed by atoms with Crippen molar-refractivity contribution in [3.8, 4) is 0 Å². The average molecular weight is 168 g/mol. The first kappa shape index (κ1) is 8.77. The molecule has 12 heavy (non-hydrogen) atoms. The Morgan fingerprint density at radius 1 is 1.58 bits per heavy atom. The van der Waals surface area contributed by atoms with E-state index in [2.05, 4.69) is 5.32 Å². The summed E-state index contributed by atoms with van der Waals surface area (Å²) >= 11 is 0. The van der Waals surface area contributed by atoms with Gasteiger partial charge in [0, 0.05) is 17.2 Å². The van der Waals surface area contributed by atoms with Crippen molar-refractivity contribution in [3.63, 3.8) is 0 Å².